The maximum atomic E-state index is 12.9. The standard InChI is InChI=1S/C20H20N2O4S2/c1-20(2,3)26-18(23)9-7-15-11-13-22(14-15)28(24,25)19-10-8-17(27-19)16-6-4-5-12-21-16/h4-14H,1-3H3. The Balaban J connectivity index is 1.79. The fraction of sp³-hybridized carbons (Fsp3) is 0.200. The fourth-order valence-electron chi connectivity index (χ4n) is 2.35. The minimum atomic E-state index is -3.72. The molecule has 3 aromatic heterocycles. The number of thiophene rings is 1. The third kappa shape index (κ3) is 4.76. The quantitative estimate of drug-likeness (QED) is 0.460. The number of hydrogen-bond acceptors (Lipinski definition) is 6. The monoisotopic (exact) mass is 416 g/mol. The molecule has 0 aromatic carbocycles. The molecule has 3 aromatic rings. The molecule has 0 spiro atoms. The van der Waals surface area contributed by atoms with Crippen LogP contribution in [0.2, 0.25) is 0 Å². The van der Waals surface area contributed by atoms with Crippen molar-refractivity contribution < 1.29 is 17.9 Å². The highest BCUT2D eigenvalue weighted by atomic mass is 32.2. The first kappa shape index (κ1) is 20.0. The number of rotatable bonds is 5. The molecular formula is C20H20N2O4S2. The van der Waals surface area contributed by atoms with Gasteiger partial charge in [-0.25, -0.2) is 8.77 Å². The number of carbonyl (C=O) groups is 1. The van der Waals surface area contributed by atoms with Gasteiger partial charge in [0.15, 0.2) is 0 Å². The largest absolute Gasteiger partial charge is 0.457 e. The summed E-state index contributed by atoms with van der Waals surface area (Å²) in [6.07, 6.45) is 7.37. The zero-order valence-corrected chi connectivity index (χ0v) is 17.3. The highest BCUT2D eigenvalue weighted by Gasteiger charge is 2.20. The molecule has 6 nitrogen and oxygen atoms in total. The molecule has 0 radical (unpaired) electrons. The predicted molar refractivity (Wildman–Crippen MR) is 109 cm³/mol. The van der Waals surface area contributed by atoms with Gasteiger partial charge in [0.25, 0.3) is 10.0 Å². The van der Waals surface area contributed by atoms with Crippen molar-refractivity contribution in [1.82, 2.24) is 8.96 Å². The fourth-order valence-corrected chi connectivity index (χ4v) is 4.94. The molecule has 146 valence electrons. The molecular weight excluding hydrogens is 396 g/mol. The van der Waals surface area contributed by atoms with Crippen LogP contribution in [0.3, 0.4) is 0 Å². The molecule has 8 heteroatoms. The Bertz CT molecular complexity index is 1100. The first-order valence-electron chi connectivity index (χ1n) is 8.51. The van der Waals surface area contributed by atoms with Crippen LogP contribution < -0.4 is 0 Å². The minimum Gasteiger partial charge on any atom is -0.457 e. The average molecular weight is 417 g/mol. The third-order valence-electron chi connectivity index (χ3n) is 3.54. The summed E-state index contributed by atoms with van der Waals surface area (Å²) < 4.78 is 32.3. The van der Waals surface area contributed by atoms with Gasteiger partial charge in [-0.1, -0.05) is 6.07 Å². The lowest BCUT2D eigenvalue weighted by atomic mass is 10.2. The second-order valence-electron chi connectivity index (χ2n) is 6.98. The normalized spacial score (nSPS) is 12.4. The Morgan fingerprint density at radius 2 is 1.96 bits per heavy atom. The first-order chi connectivity index (χ1) is 13.1. The van der Waals surface area contributed by atoms with Crippen LogP contribution in [0, 0.1) is 0 Å². The van der Waals surface area contributed by atoms with E-state index in [-0.39, 0.29) is 4.21 Å². The van der Waals surface area contributed by atoms with E-state index in [0.717, 1.165) is 25.9 Å². The van der Waals surface area contributed by atoms with Gasteiger partial charge in [0.2, 0.25) is 0 Å². The smallest absolute Gasteiger partial charge is 0.331 e. The highest BCUT2D eigenvalue weighted by Crippen LogP contribution is 2.30. The zero-order valence-electron chi connectivity index (χ0n) is 15.7. The zero-order chi connectivity index (χ0) is 20.4. The summed E-state index contributed by atoms with van der Waals surface area (Å²) >= 11 is 1.16. The minimum absolute atomic E-state index is 0.214. The second kappa shape index (κ2) is 7.73. The lowest BCUT2D eigenvalue weighted by molar-refractivity contribution is -0.148. The number of hydrogen-bond donors (Lipinski definition) is 0. The Labute approximate surface area is 168 Å². The summed E-state index contributed by atoms with van der Waals surface area (Å²) in [5, 5.41) is 0. The summed E-state index contributed by atoms with van der Waals surface area (Å²) in [5.41, 5.74) is 0.722. The van der Waals surface area contributed by atoms with Gasteiger partial charge in [-0.3, -0.25) is 4.98 Å². The number of ether oxygens (including phenoxy) is 1. The number of aromatic nitrogens is 2. The Kier molecular flexibility index (Phi) is 5.53. The van der Waals surface area contributed by atoms with E-state index in [9.17, 15) is 13.2 Å². The summed E-state index contributed by atoms with van der Waals surface area (Å²) in [5.74, 6) is -0.485. The number of nitrogens with zero attached hydrogens (tertiary/aromatic N) is 2. The molecule has 28 heavy (non-hydrogen) atoms. The van der Waals surface area contributed by atoms with Crippen LogP contribution in [0.15, 0.2) is 65.3 Å². The Morgan fingerprint density at radius 3 is 2.64 bits per heavy atom. The van der Waals surface area contributed by atoms with Crippen molar-refractivity contribution in [3.05, 3.63) is 66.6 Å². The van der Waals surface area contributed by atoms with Gasteiger partial charge >= 0.3 is 5.97 Å². The average Bonchev–Trinajstić information content (AvgIpc) is 3.30. The van der Waals surface area contributed by atoms with Crippen LogP contribution in [0.25, 0.3) is 16.6 Å². The maximum absolute atomic E-state index is 12.9. The van der Waals surface area contributed by atoms with E-state index in [1.54, 1.807) is 51.2 Å². The van der Waals surface area contributed by atoms with Crippen molar-refractivity contribution in [2.45, 2.75) is 30.6 Å². The molecule has 0 bridgehead atoms. The molecule has 0 aliphatic rings. The van der Waals surface area contributed by atoms with Gasteiger partial charge in [0.1, 0.15) is 9.81 Å². The van der Waals surface area contributed by atoms with E-state index in [0.29, 0.717) is 5.56 Å². The van der Waals surface area contributed by atoms with E-state index in [1.807, 2.05) is 12.1 Å². The van der Waals surface area contributed by atoms with Crippen LogP contribution in [-0.4, -0.2) is 28.9 Å². The van der Waals surface area contributed by atoms with Crippen LogP contribution in [0.1, 0.15) is 26.3 Å². The Hall–Kier alpha value is -2.71. The maximum Gasteiger partial charge on any atom is 0.331 e. The SMILES string of the molecule is CC(C)(C)OC(=O)C=Cc1ccn(S(=O)(=O)c2ccc(-c3ccccn3)s2)c1. The molecule has 0 aliphatic carbocycles. The number of pyridine rings is 1. The van der Waals surface area contributed by atoms with Crippen molar-refractivity contribution in [3.8, 4) is 10.6 Å². The van der Waals surface area contributed by atoms with Crippen molar-refractivity contribution in [3.63, 3.8) is 0 Å². The molecule has 0 N–H and O–H groups in total. The molecule has 0 saturated carbocycles. The van der Waals surface area contributed by atoms with Gasteiger partial charge in [-0.05, 0) is 62.7 Å². The second-order valence-corrected chi connectivity index (χ2v) is 10.1. The van der Waals surface area contributed by atoms with Crippen LogP contribution in [-0.2, 0) is 19.6 Å². The molecule has 0 fully saturated rings. The first-order valence-corrected chi connectivity index (χ1v) is 10.8. The summed E-state index contributed by atoms with van der Waals surface area (Å²) in [6, 6.07) is 10.4. The van der Waals surface area contributed by atoms with E-state index in [2.05, 4.69) is 4.98 Å². The molecule has 0 amide bonds. The van der Waals surface area contributed by atoms with Crippen molar-refractivity contribution in [2.24, 2.45) is 0 Å². The lowest BCUT2D eigenvalue weighted by Gasteiger charge is -2.17. The highest BCUT2D eigenvalue weighted by molar-refractivity contribution is 7.92. The number of carbonyl (C=O) groups excluding carboxylic acids is 1. The summed E-state index contributed by atoms with van der Waals surface area (Å²) in [7, 11) is -3.72. The molecule has 3 heterocycles. The molecule has 3 rings (SSSR count). The van der Waals surface area contributed by atoms with E-state index >= 15 is 0 Å². The van der Waals surface area contributed by atoms with Crippen LogP contribution in [0.5, 0.6) is 0 Å². The predicted octanol–water partition coefficient (Wildman–Crippen LogP) is 4.20. The number of esters is 1. The van der Waals surface area contributed by atoms with E-state index in [1.165, 1.54) is 24.5 Å². The van der Waals surface area contributed by atoms with Gasteiger partial charge < -0.3 is 4.74 Å². The molecule has 0 aliphatic heterocycles. The van der Waals surface area contributed by atoms with E-state index in [4.69, 9.17) is 4.74 Å². The lowest BCUT2D eigenvalue weighted by Crippen LogP contribution is -2.22. The summed E-state index contributed by atoms with van der Waals surface area (Å²) in [4.78, 5) is 16.8. The third-order valence-corrected chi connectivity index (χ3v) is 6.75. The van der Waals surface area contributed by atoms with Crippen molar-refractivity contribution >= 4 is 33.4 Å². The Morgan fingerprint density at radius 1 is 1.18 bits per heavy atom. The van der Waals surface area contributed by atoms with Gasteiger partial charge in [-0.15, -0.1) is 11.3 Å². The molecule has 0 atom stereocenters. The van der Waals surface area contributed by atoms with Gasteiger partial charge in [0.05, 0.1) is 10.6 Å². The molecule has 0 unspecified atom stereocenters. The van der Waals surface area contributed by atoms with Gasteiger partial charge in [0, 0.05) is 24.7 Å². The van der Waals surface area contributed by atoms with Crippen LogP contribution in [0.4, 0.5) is 0 Å². The van der Waals surface area contributed by atoms with Crippen molar-refractivity contribution in [1.29, 1.82) is 0 Å². The topological polar surface area (TPSA) is 78.3 Å². The van der Waals surface area contributed by atoms with Crippen LogP contribution >= 0.6 is 11.3 Å². The van der Waals surface area contributed by atoms with Crippen molar-refractivity contribution in [2.75, 3.05) is 0 Å². The molecule has 0 saturated heterocycles. The van der Waals surface area contributed by atoms with E-state index < -0.39 is 21.6 Å². The van der Waals surface area contributed by atoms with Gasteiger partial charge in [-0.2, -0.15) is 8.42 Å². The summed E-state index contributed by atoms with van der Waals surface area (Å²) in [6.45, 7) is 5.34.